The highest BCUT2D eigenvalue weighted by Crippen LogP contribution is 2.66. The van der Waals surface area contributed by atoms with Gasteiger partial charge < -0.3 is 43.3 Å². The molecular formula is C21H31N2O17P3S. The number of aromatic amines is 1. The maximum absolute atomic E-state index is 12.4. The van der Waals surface area contributed by atoms with E-state index in [2.05, 4.69) is 13.6 Å². The zero-order chi connectivity index (χ0) is 32.9. The number of H-pyrrole nitrogens is 1. The van der Waals surface area contributed by atoms with E-state index in [9.17, 15) is 33.1 Å². The fraction of sp³-hybridized carbons (Fsp3) is 0.524. The minimum absolute atomic E-state index is 0.00838. The first-order valence-electron chi connectivity index (χ1n) is 12.2. The monoisotopic (exact) mass is 708 g/mol. The van der Waals surface area contributed by atoms with Crippen LogP contribution in [0.5, 0.6) is 17.2 Å². The van der Waals surface area contributed by atoms with E-state index < -0.39 is 59.8 Å². The molecule has 5 N–H and O–H groups in total. The minimum atomic E-state index is -5.74. The number of ether oxygens (including phenoxy) is 5. The second-order valence-electron chi connectivity index (χ2n) is 8.91. The number of nitrogens with zero attached hydrogens (tertiary/aromatic N) is 1. The molecule has 0 aliphatic carbocycles. The van der Waals surface area contributed by atoms with Crippen LogP contribution in [0.2, 0.25) is 0 Å². The number of hydrogen-bond acceptors (Lipinski definition) is 14. The molecule has 2 heterocycles. The van der Waals surface area contributed by atoms with E-state index >= 15 is 0 Å². The van der Waals surface area contributed by atoms with Crippen LogP contribution in [0.25, 0.3) is 0 Å². The lowest BCUT2D eigenvalue weighted by Gasteiger charge is -2.21. The minimum Gasteiger partial charge on any atom is -0.496 e. The number of rotatable bonds is 16. The van der Waals surface area contributed by atoms with E-state index in [1.807, 2.05) is 0 Å². The third-order valence-corrected chi connectivity index (χ3v) is 10.5. The van der Waals surface area contributed by atoms with Gasteiger partial charge >= 0.3 is 29.2 Å². The first-order chi connectivity index (χ1) is 20.5. The molecule has 44 heavy (non-hydrogen) atoms. The summed E-state index contributed by atoms with van der Waals surface area (Å²) >= 11 is 1.28. The normalized spacial score (nSPS) is 21.4. The van der Waals surface area contributed by atoms with Gasteiger partial charge in [-0.05, 0) is 6.92 Å². The fourth-order valence-electron chi connectivity index (χ4n) is 3.97. The van der Waals surface area contributed by atoms with Crippen molar-refractivity contribution in [3.8, 4) is 17.2 Å². The highest BCUT2D eigenvalue weighted by atomic mass is 32.2. The van der Waals surface area contributed by atoms with Crippen LogP contribution in [0.15, 0.2) is 27.9 Å². The maximum atomic E-state index is 12.4. The third-order valence-electron chi connectivity index (χ3n) is 5.88. The van der Waals surface area contributed by atoms with Gasteiger partial charge in [0.05, 0.1) is 40.0 Å². The van der Waals surface area contributed by atoms with Crippen LogP contribution in [0.4, 0.5) is 0 Å². The Labute approximate surface area is 253 Å². The highest BCUT2D eigenvalue weighted by Gasteiger charge is 2.43. The molecule has 1 fully saturated rings. The van der Waals surface area contributed by atoms with Crippen LogP contribution in [0.3, 0.4) is 0 Å². The average Bonchev–Trinajstić information content (AvgIpc) is 3.32. The first-order valence-corrected chi connectivity index (χ1v) is 17.9. The largest absolute Gasteiger partial charge is 0.496 e. The summed E-state index contributed by atoms with van der Waals surface area (Å²) in [6, 6.07) is 3.36. The molecule has 0 amide bonds. The van der Waals surface area contributed by atoms with Crippen molar-refractivity contribution in [1.29, 1.82) is 0 Å². The van der Waals surface area contributed by atoms with Crippen molar-refractivity contribution in [3.05, 3.63) is 50.3 Å². The van der Waals surface area contributed by atoms with E-state index in [1.54, 1.807) is 12.1 Å². The summed E-state index contributed by atoms with van der Waals surface area (Å²) in [5.41, 5.74) is -0.516. The van der Waals surface area contributed by atoms with Gasteiger partial charge in [0.1, 0.15) is 29.6 Å². The molecule has 19 nitrogen and oxygen atoms in total. The summed E-state index contributed by atoms with van der Waals surface area (Å²) in [6.07, 6.45) is -1.88. The SMILES string of the molecule is COc1cc(OC)c(CSCOC2C[C@H](n3cc(C)c(=O)[nH]c3=O)O[C@@H]2COP(=O)(O)OP(=O)(O)OP(=O)(O)O)c(OC)c1. The van der Waals surface area contributed by atoms with E-state index in [1.165, 1.54) is 46.2 Å². The molecule has 2 aromatic rings. The standard InChI is InChI=1S/C21H31N2O17P3S/c1-12-8-23(21(25)22-20(12)24)19-7-17(18(38-19)9-37-42(29,30)40-43(31,32)39-41(26,27)28)36-11-44-10-14-15(34-3)5-13(33-2)6-16(14)35-4/h5-6,8,17-19H,7,9-11H2,1-4H3,(H,29,30)(H,31,32)(H,22,24,25)(H2,26,27,28)/t17?,18-,19-/m1/s1. The molecule has 1 aliphatic heterocycles. The molecule has 1 aromatic heterocycles. The van der Waals surface area contributed by atoms with E-state index in [0.717, 1.165) is 4.57 Å². The predicted octanol–water partition coefficient (Wildman–Crippen LogP) is 1.78. The first kappa shape index (κ1) is 36.4. The van der Waals surface area contributed by atoms with Crippen LogP contribution in [0.1, 0.15) is 23.8 Å². The Morgan fingerprint density at radius 2 is 1.64 bits per heavy atom. The summed E-state index contributed by atoms with van der Waals surface area (Å²) < 4.78 is 75.9. The van der Waals surface area contributed by atoms with Crippen molar-refractivity contribution in [1.82, 2.24) is 9.55 Å². The molecule has 248 valence electrons. The number of methoxy groups -OCH3 is 3. The smallest absolute Gasteiger partial charge is 0.490 e. The predicted molar refractivity (Wildman–Crippen MR) is 152 cm³/mol. The molecule has 3 unspecified atom stereocenters. The van der Waals surface area contributed by atoms with E-state index in [0.29, 0.717) is 28.6 Å². The quantitative estimate of drug-likeness (QED) is 0.0945. The van der Waals surface area contributed by atoms with Crippen LogP contribution in [-0.2, 0) is 42.1 Å². The van der Waals surface area contributed by atoms with Crippen LogP contribution >= 0.6 is 35.2 Å². The number of nitrogens with one attached hydrogen (secondary N) is 1. The summed E-state index contributed by atoms with van der Waals surface area (Å²) in [6.45, 7) is 0.648. The molecule has 0 radical (unpaired) electrons. The molecule has 5 atom stereocenters. The Bertz CT molecular complexity index is 1550. The summed E-state index contributed by atoms with van der Waals surface area (Å²) in [5.74, 6) is 1.88. The number of thioether (sulfide) groups is 1. The molecule has 0 spiro atoms. The average molecular weight is 708 g/mol. The van der Waals surface area contributed by atoms with E-state index in [4.69, 9.17) is 38.0 Å². The number of hydrogen-bond donors (Lipinski definition) is 5. The fourth-order valence-corrected chi connectivity index (χ4v) is 7.84. The summed E-state index contributed by atoms with van der Waals surface area (Å²) in [4.78, 5) is 63.1. The zero-order valence-corrected chi connectivity index (χ0v) is 27.1. The van der Waals surface area contributed by atoms with Crippen LogP contribution in [-0.4, -0.2) is 75.2 Å². The van der Waals surface area contributed by atoms with Gasteiger partial charge in [0, 0.05) is 41.6 Å². The molecular weight excluding hydrogens is 677 g/mol. The van der Waals surface area contributed by atoms with Crippen LogP contribution < -0.4 is 25.5 Å². The van der Waals surface area contributed by atoms with Gasteiger partial charge in [-0.1, -0.05) is 0 Å². The van der Waals surface area contributed by atoms with Crippen molar-refractivity contribution in [2.45, 2.75) is 37.5 Å². The number of phosphoric acid groups is 3. The number of benzene rings is 1. The molecule has 1 saturated heterocycles. The maximum Gasteiger partial charge on any atom is 0.490 e. The molecule has 23 heteroatoms. The van der Waals surface area contributed by atoms with E-state index in [-0.39, 0.29) is 17.9 Å². The van der Waals surface area contributed by atoms with Crippen LogP contribution in [0, 0.1) is 6.92 Å². The molecule has 3 rings (SSSR count). The lowest BCUT2D eigenvalue weighted by molar-refractivity contribution is -0.0544. The Morgan fingerprint density at radius 1 is 1.00 bits per heavy atom. The molecule has 0 bridgehead atoms. The van der Waals surface area contributed by atoms with Crippen molar-refractivity contribution in [2.24, 2.45) is 0 Å². The van der Waals surface area contributed by atoms with Gasteiger partial charge in [-0.25, -0.2) is 18.5 Å². The van der Waals surface area contributed by atoms with Crippen molar-refractivity contribution in [3.63, 3.8) is 0 Å². The summed E-state index contributed by atoms with van der Waals surface area (Å²) in [5, 5.41) is 0. The topological polar surface area (TPSA) is 261 Å². The second kappa shape index (κ2) is 15.0. The molecule has 1 aliphatic rings. The van der Waals surface area contributed by atoms with Gasteiger partial charge in [0.2, 0.25) is 0 Å². The van der Waals surface area contributed by atoms with Gasteiger partial charge in [-0.15, -0.1) is 11.8 Å². The van der Waals surface area contributed by atoms with Crippen molar-refractivity contribution < 1.29 is 70.1 Å². The third kappa shape index (κ3) is 10.3. The Kier molecular flexibility index (Phi) is 12.5. The lowest BCUT2D eigenvalue weighted by Crippen LogP contribution is -2.33. The van der Waals surface area contributed by atoms with Crippen molar-refractivity contribution >= 4 is 35.2 Å². The number of phosphoric ester groups is 1. The molecule has 1 aromatic carbocycles. The van der Waals surface area contributed by atoms with Gasteiger partial charge in [-0.2, -0.15) is 8.62 Å². The van der Waals surface area contributed by atoms with Gasteiger partial charge in [0.15, 0.2) is 0 Å². The van der Waals surface area contributed by atoms with Crippen molar-refractivity contribution in [2.75, 3.05) is 33.9 Å². The zero-order valence-electron chi connectivity index (χ0n) is 23.6. The number of aromatic nitrogens is 2. The lowest BCUT2D eigenvalue weighted by atomic mass is 10.2. The Morgan fingerprint density at radius 3 is 2.20 bits per heavy atom. The number of aryl methyl sites for hydroxylation is 1. The highest BCUT2D eigenvalue weighted by molar-refractivity contribution is 7.98. The van der Waals surface area contributed by atoms with Gasteiger partial charge in [0.25, 0.3) is 5.56 Å². The summed E-state index contributed by atoms with van der Waals surface area (Å²) in [7, 11) is -12.3. The Hall–Kier alpha value is -2.02. The molecule has 0 saturated carbocycles. The second-order valence-corrected chi connectivity index (χ2v) is 14.3. The van der Waals surface area contributed by atoms with Gasteiger partial charge in [-0.3, -0.25) is 18.9 Å². The Balaban J connectivity index is 1.74.